The molecule has 6 nitrogen and oxygen atoms in total. The second-order valence-corrected chi connectivity index (χ2v) is 9.16. The number of piperidine rings is 1. The van der Waals surface area contributed by atoms with E-state index in [2.05, 4.69) is 33.6 Å². The summed E-state index contributed by atoms with van der Waals surface area (Å²) < 4.78 is 0. The third-order valence-electron chi connectivity index (χ3n) is 6.50. The predicted octanol–water partition coefficient (Wildman–Crippen LogP) is 2.37. The van der Waals surface area contributed by atoms with Crippen molar-refractivity contribution in [1.82, 2.24) is 19.8 Å². The van der Waals surface area contributed by atoms with Crippen molar-refractivity contribution in [2.24, 2.45) is 11.3 Å². The van der Waals surface area contributed by atoms with Crippen LogP contribution in [-0.4, -0.2) is 71.5 Å². The van der Waals surface area contributed by atoms with Crippen molar-refractivity contribution < 1.29 is 4.79 Å². The van der Waals surface area contributed by atoms with Crippen molar-refractivity contribution in [2.75, 3.05) is 50.7 Å². The summed E-state index contributed by atoms with van der Waals surface area (Å²) in [4.78, 5) is 27.8. The van der Waals surface area contributed by atoms with Gasteiger partial charge in [-0.1, -0.05) is 20.8 Å². The van der Waals surface area contributed by atoms with E-state index in [1.807, 2.05) is 24.2 Å². The number of nitrogens with zero attached hydrogens (tertiary/aromatic N) is 5. The van der Waals surface area contributed by atoms with Crippen molar-refractivity contribution in [2.45, 2.75) is 46.0 Å². The van der Waals surface area contributed by atoms with Gasteiger partial charge in [0.25, 0.3) is 0 Å². The van der Waals surface area contributed by atoms with E-state index in [-0.39, 0.29) is 0 Å². The summed E-state index contributed by atoms with van der Waals surface area (Å²) >= 11 is 0. The lowest BCUT2D eigenvalue weighted by Crippen LogP contribution is -2.73. The van der Waals surface area contributed by atoms with Crippen LogP contribution in [0.5, 0.6) is 0 Å². The zero-order chi connectivity index (χ0) is 19.0. The first-order valence-electron chi connectivity index (χ1n) is 10.5. The highest BCUT2D eigenvalue weighted by Gasteiger charge is 2.52. The number of aromatic nitrogens is 2. The SMILES string of the molecule is CCC(=O)N1CC2(CN(CC3CCN(c4cnc(C(C)C)nc4)CC3)C2)C1. The zero-order valence-electron chi connectivity index (χ0n) is 17.0. The highest BCUT2D eigenvalue weighted by atomic mass is 16.2. The summed E-state index contributed by atoms with van der Waals surface area (Å²) in [6.07, 6.45) is 7.11. The van der Waals surface area contributed by atoms with Crippen molar-refractivity contribution in [1.29, 1.82) is 0 Å². The second-order valence-electron chi connectivity index (χ2n) is 9.16. The molecule has 1 amide bonds. The molecule has 0 aromatic carbocycles. The Morgan fingerprint density at radius 3 is 2.33 bits per heavy atom. The third-order valence-corrected chi connectivity index (χ3v) is 6.50. The smallest absolute Gasteiger partial charge is 0.222 e. The second kappa shape index (κ2) is 7.38. The zero-order valence-corrected chi connectivity index (χ0v) is 17.0. The van der Waals surface area contributed by atoms with Crippen molar-refractivity contribution in [3.8, 4) is 0 Å². The largest absolute Gasteiger partial charge is 0.369 e. The van der Waals surface area contributed by atoms with Gasteiger partial charge < -0.3 is 14.7 Å². The Balaban J connectivity index is 1.18. The Morgan fingerprint density at radius 1 is 1.15 bits per heavy atom. The van der Waals surface area contributed by atoms with E-state index in [9.17, 15) is 4.79 Å². The fourth-order valence-corrected chi connectivity index (χ4v) is 4.93. The highest BCUT2D eigenvalue weighted by molar-refractivity contribution is 5.77. The molecular weight excluding hydrogens is 338 g/mol. The molecule has 0 aliphatic carbocycles. The van der Waals surface area contributed by atoms with Crippen LogP contribution in [0.1, 0.15) is 51.8 Å². The number of rotatable bonds is 5. The van der Waals surface area contributed by atoms with Crippen molar-refractivity contribution in [3.63, 3.8) is 0 Å². The molecule has 3 fully saturated rings. The minimum absolute atomic E-state index is 0.317. The predicted molar refractivity (Wildman–Crippen MR) is 107 cm³/mol. The summed E-state index contributed by atoms with van der Waals surface area (Å²) in [6, 6.07) is 0. The first kappa shape index (κ1) is 18.7. The van der Waals surface area contributed by atoms with Gasteiger partial charge in [0.05, 0.1) is 18.1 Å². The van der Waals surface area contributed by atoms with E-state index >= 15 is 0 Å². The molecular formula is C21H33N5O. The van der Waals surface area contributed by atoms with Crippen molar-refractivity contribution in [3.05, 3.63) is 18.2 Å². The molecule has 3 aliphatic rings. The molecule has 4 heterocycles. The summed E-state index contributed by atoms with van der Waals surface area (Å²) in [5.41, 5.74) is 1.59. The minimum atomic E-state index is 0.317. The fraction of sp³-hybridized carbons (Fsp3) is 0.762. The average molecular weight is 372 g/mol. The molecule has 1 aromatic rings. The van der Waals surface area contributed by atoms with E-state index < -0.39 is 0 Å². The standard InChI is InChI=1S/C21H33N5O/c1-4-19(27)26-14-21(15-26)12-24(13-21)11-17-5-7-25(8-6-17)18-9-22-20(16(2)3)23-10-18/h9-10,16-17H,4-8,11-15H2,1-3H3. The lowest BCUT2D eigenvalue weighted by molar-refractivity contribution is -0.159. The Bertz CT molecular complexity index is 652. The maximum Gasteiger partial charge on any atom is 0.222 e. The third kappa shape index (κ3) is 3.82. The van der Waals surface area contributed by atoms with Gasteiger partial charge in [-0.3, -0.25) is 4.79 Å². The average Bonchev–Trinajstić information content (AvgIpc) is 2.62. The number of carbonyl (C=O) groups is 1. The Kier molecular flexibility index (Phi) is 5.10. The van der Waals surface area contributed by atoms with Crippen LogP contribution in [0.25, 0.3) is 0 Å². The molecule has 3 saturated heterocycles. The number of hydrogen-bond acceptors (Lipinski definition) is 5. The molecule has 1 aromatic heterocycles. The molecule has 4 rings (SSSR count). The van der Waals surface area contributed by atoms with Gasteiger partial charge in [-0.25, -0.2) is 9.97 Å². The van der Waals surface area contributed by atoms with Gasteiger partial charge in [0.2, 0.25) is 5.91 Å². The van der Waals surface area contributed by atoms with E-state index in [4.69, 9.17) is 0 Å². The monoisotopic (exact) mass is 371 g/mol. The molecule has 0 saturated carbocycles. The van der Waals surface area contributed by atoms with Gasteiger partial charge in [-0.05, 0) is 18.8 Å². The topological polar surface area (TPSA) is 52.6 Å². The molecule has 0 N–H and O–H groups in total. The molecule has 148 valence electrons. The van der Waals surface area contributed by atoms with Crippen LogP contribution in [-0.2, 0) is 4.79 Å². The summed E-state index contributed by atoms with van der Waals surface area (Å²) in [5.74, 6) is 2.42. The first-order valence-corrected chi connectivity index (χ1v) is 10.5. The Morgan fingerprint density at radius 2 is 1.78 bits per heavy atom. The lowest BCUT2D eigenvalue weighted by Gasteiger charge is -2.61. The van der Waals surface area contributed by atoms with Crippen molar-refractivity contribution >= 4 is 11.6 Å². The Labute approximate surface area is 162 Å². The van der Waals surface area contributed by atoms with Crippen LogP contribution in [0.2, 0.25) is 0 Å². The summed E-state index contributed by atoms with van der Waals surface area (Å²) in [6.45, 7) is 14.0. The number of hydrogen-bond donors (Lipinski definition) is 0. The maximum atomic E-state index is 11.7. The van der Waals surface area contributed by atoms with Crippen LogP contribution in [0.15, 0.2) is 12.4 Å². The van der Waals surface area contributed by atoms with Crippen LogP contribution in [0.3, 0.4) is 0 Å². The number of likely N-dealkylation sites (tertiary alicyclic amines) is 2. The first-order chi connectivity index (χ1) is 13.0. The minimum Gasteiger partial charge on any atom is -0.369 e. The van der Waals surface area contributed by atoms with Gasteiger partial charge in [-0.15, -0.1) is 0 Å². The van der Waals surface area contributed by atoms with E-state index in [1.165, 1.54) is 32.5 Å². The molecule has 3 aliphatic heterocycles. The fourth-order valence-electron chi connectivity index (χ4n) is 4.93. The number of anilines is 1. The van der Waals surface area contributed by atoms with Gasteiger partial charge in [0, 0.05) is 63.6 Å². The molecule has 6 heteroatoms. The normalized spacial score (nSPS) is 22.8. The van der Waals surface area contributed by atoms with Crippen LogP contribution >= 0.6 is 0 Å². The lowest BCUT2D eigenvalue weighted by atomic mass is 9.72. The maximum absolute atomic E-state index is 11.7. The Hall–Kier alpha value is -1.69. The van der Waals surface area contributed by atoms with Gasteiger partial charge in [0.1, 0.15) is 5.82 Å². The molecule has 0 radical (unpaired) electrons. The van der Waals surface area contributed by atoms with Gasteiger partial charge in [0.15, 0.2) is 0 Å². The van der Waals surface area contributed by atoms with E-state index in [0.29, 0.717) is 23.7 Å². The molecule has 0 bridgehead atoms. The van der Waals surface area contributed by atoms with E-state index in [0.717, 1.165) is 43.6 Å². The van der Waals surface area contributed by atoms with Crippen LogP contribution in [0, 0.1) is 11.3 Å². The quantitative estimate of drug-likeness (QED) is 0.795. The summed E-state index contributed by atoms with van der Waals surface area (Å²) in [5, 5.41) is 0. The van der Waals surface area contributed by atoms with Crippen LogP contribution < -0.4 is 4.90 Å². The number of carbonyl (C=O) groups excluding carboxylic acids is 1. The molecule has 0 unspecified atom stereocenters. The number of amides is 1. The van der Waals surface area contributed by atoms with Crippen LogP contribution in [0.4, 0.5) is 5.69 Å². The highest BCUT2D eigenvalue weighted by Crippen LogP contribution is 2.40. The molecule has 1 spiro atoms. The molecule has 0 atom stereocenters. The van der Waals surface area contributed by atoms with Gasteiger partial charge in [-0.2, -0.15) is 0 Å². The van der Waals surface area contributed by atoms with Gasteiger partial charge >= 0.3 is 0 Å². The molecule has 27 heavy (non-hydrogen) atoms. The van der Waals surface area contributed by atoms with E-state index in [1.54, 1.807) is 0 Å². The summed E-state index contributed by atoms with van der Waals surface area (Å²) in [7, 11) is 0.